The van der Waals surface area contributed by atoms with E-state index >= 15 is 0 Å². The number of para-hydroxylation sites is 1. The lowest BCUT2D eigenvalue weighted by Gasteiger charge is -2.17. The second-order valence-corrected chi connectivity index (χ2v) is 4.14. The Bertz CT molecular complexity index is 543. The number of hydrogen-bond acceptors (Lipinski definition) is 2. The van der Waals surface area contributed by atoms with Gasteiger partial charge in [-0.15, -0.1) is 12.4 Å². The van der Waals surface area contributed by atoms with Crippen molar-refractivity contribution in [3.63, 3.8) is 0 Å². The first-order valence-electron chi connectivity index (χ1n) is 5.78. The van der Waals surface area contributed by atoms with E-state index in [0.29, 0.717) is 0 Å². The Labute approximate surface area is 118 Å². The third-order valence-electron chi connectivity index (χ3n) is 2.82. The maximum Gasteiger partial charge on any atom is 0.330 e. The van der Waals surface area contributed by atoms with E-state index in [2.05, 4.69) is 5.32 Å². The van der Waals surface area contributed by atoms with Gasteiger partial charge in [0.1, 0.15) is 0 Å². The molecule has 0 aliphatic heterocycles. The van der Waals surface area contributed by atoms with Gasteiger partial charge in [0.2, 0.25) is 0 Å². The summed E-state index contributed by atoms with van der Waals surface area (Å²) < 4.78 is 0. The van der Waals surface area contributed by atoms with Gasteiger partial charge in [0.05, 0.1) is 0 Å². The highest BCUT2D eigenvalue weighted by atomic mass is 35.5. The fourth-order valence-electron chi connectivity index (χ4n) is 1.82. The number of carbonyl (C=O) groups is 1. The molecule has 1 atom stereocenters. The molecule has 0 saturated carbocycles. The van der Waals surface area contributed by atoms with E-state index in [-0.39, 0.29) is 12.4 Å². The first-order chi connectivity index (χ1) is 8.68. The standard InChI is InChI=1S/C15H15NO2.ClH/c1-11-7-5-6-10-13(11)16-14(15(17)18)12-8-3-2-4-9-12;/h2-10,14,16H,1H3,(H,17,18);1H. The lowest BCUT2D eigenvalue weighted by atomic mass is 10.1. The fraction of sp³-hybridized carbons (Fsp3) is 0.133. The number of halogens is 1. The lowest BCUT2D eigenvalue weighted by molar-refractivity contribution is -0.138. The van der Waals surface area contributed by atoms with E-state index in [1.165, 1.54) is 0 Å². The maximum absolute atomic E-state index is 11.4. The number of rotatable bonds is 4. The number of carboxylic acids is 1. The first kappa shape index (κ1) is 15.1. The molecular weight excluding hydrogens is 262 g/mol. The number of nitrogens with one attached hydrogen (secondary N) is 1. The number of carboxylic acid groups (broad SMARTS) is 1. The zero-order chi connectivity index (χ0) is 13.0. The second kappa shape index (κ2) is 6.81. The Balaban J connectivity index is 0.00000180. The van der Waals surface area contributed by atoms with Crippen molar-refractivity contribution in [3.05, 3.63) is 65.7 Å². The molecule has 2 rings (SSSR count). The minimum Gasteiger partial charge on any atom is -0.479 e. The number of aryl methyl sites for hydroxylation is 1. The summed E-state index contributed by atoms with van der Waals surface area (Å²) in [5, 5.41) is 12.4. The van der Waals surface area contributed by atoms with Crippen molar-refractivity contribution < 1.29 is 9.90 Å². The molecule has 0 aliphatic carbocycles. The van der Waals surface area contributed by atoms with Gasteiger partial charge in [-0.2, -0.15) is 0 Å². The summed E-state index contributed by atoms with van der Waals surface area (Å²) in [7, 11) is 0. The summed E-state index contributed by atoms with van der Waals surface area (Å²) in [6.45, 7) is 1.95. The van der Waals surface area contributed by atoms with Crippen LogP contribution in [0.15, 0.2) is 54.6 Å². The summed E-state index contributed by atoms with van der Waals surface area (Å²) in [5.41, 5.74) is 2.61. The molecule has 3 nitrogen and oxygen atoms in total. The van der Waals surface area contributed by atoms with Crippen LogP contribution in [0.3, 0.4) is 0 Å². The van der Waals surface area contributed by atoms with Crippen LogP contribution >= 0.6 is 12.4 Å². The monoisotopic (exact) mass is 277 g/mol. The molecule has 0 radical (unpaired) electrons. The zero-order valence-corrected chi connectivity index (χ0v) is 11.4. The van der Waals surface area contributed by atoms with Crippen LogP contribution in [0.5, 0.6) is 0 Å². The number of aliphatic carboxylic acids is 1. The highest BCUT2D eigenvalue weighted by Crippen LogP contribution is 2.22. The molecule has 0 aliphatic rings. The highest BCUT2D eigenvalue weighted by Gasteiger charge is 2.19. The van der Waals surface area contributed by atoms with Crippen molar-refractivity contribution in [3.8, 4) is 0 Å². The van der Waals surface area contributed by atoms with Gasteiger partial charge in [-0.3, -0.25) is 0 Å². The average Bonchev–Trinajstić information content (AvgIpc) is 2.38. The fourth-order valence-corrected chi connectivity index (χ4v) is 1.82. The summed E-state index contributed by atoms with van der Waals surface area (Å²) in [5.74, 6) is -0.885. The van der Waals surface area contributed by atoms with E-state index in [9.17, 15) is 9.90 Å². The SMILES string of the molecule is Cc1ccccc1NC(C(=O)O)c1ccccc1.Cl. The minimum absolute atomic E-state index is 0. The van der Waals surface area contributed by atoms with E-state index in [0.717, 1.165) is 16.8 Å². The van der Waals surface area contributed by atoms with Crippen molar-refractivity contribution in [2.75, 3.05) is 5.32 Å². The lowest BCUT2D eigenvalue weighted by Crippen LogP contribution is -2.20. The minimum atomic E-state index is -0.885. The Morgan fingerprint density at radius 2 is 1.63 bits per heavy atom. The number of anilines is 1. The first-order valence-corrected chi connectivity index (χ1v) is 5.78. The van der Waals surface area contributed by atoms with Crippen LogP contribution in [-0.4, -0.2) is 11.1 Å². The van der Waals surface area contributed by atoms with Crippen molar-refractivity contribution in [2.45, 2.75) is 13.0 Å². The van der Waals surface area contributed by atoms with Crippen LogP contribution in [0.2, 0.25) is 0 Å². The average molecular weight is 278 g/mol. The van der Waals surface area contributed by atoms with Crippen molar-refractivity contribution in [1.29, 1.82) is 0 Å². The van der Waals surface area contributed by atoms with Crippen LogP contribution in [0.1, 0.15) is 17.2 Å². The Morgan fingerprint density at radius 3 is 2.21 bits per heavy atom. The molecule has 0 saturated heterocycles. The highest BCUT2D eigenvalue weighted by molar-refractivity contribution is 5.85. The van der Waals surface area contributed by atoms with Crippen molar-refractivity contribution in [1.82, 2.24) is 0 Å². The molecule has 2 N–H and O–H groups in total. The molecule has 4 heteroatoms. The van der Waals surface area contributed by atoms with Gasteiger partial charge in [-0.1, -0.05) is 48.5 Å². The molecule has 2 aromatic rings. The summed E-state index contributed by atoms with van der Waals surface area (Å²) >= 11 is 0. The van der Waals surface area contributed by atoms with E-state index in [1.54, 1.807) is 0 Å². The van der Waals surface area contributed by atoms with Crippen LogP contribution < -0.4 is 5.32 Å². The van der Waals surface area contributed by atoms with Crippen LogP contribution in [0.25, 0.3) is 0 Å². The van der Waals surface area contributed by atoms with E-state index in [4.69, 9.17) is 0 Å². The molecule has 100 valence electrons. The molecule has 2 aromatic carbocycles. The van der Waals surface area contributed by atoms with Gasteiger partial charge in [-0.05, 0) is 24.1 Å². The molecule has 0 bridgehead atoms. The molecule has 0 spiro atoms. The van der Waals surface area contributed by atoms with E-state index in [1.807, 2.05) is 61.5 Å². The summed E-state index contributed by atoms with van der Waals surface area (Å²) in [6, 6.07) is 16.1. The Hall–Kier alpha value is -2.00. The summed E-state index contributed by atoms with van der Waals surface area (Å²) in [4.78, 5) is 11.4. The van der Waals surface area contributed by atoms with Crippen LogP contribution in [-0.2, 0) is 4.79 Å². The molecular formula is C15H16ClNO2. The number of benzene rings is 2. The van der Waals surface area contributed by atoms with Crippen LogP contribution in [0.4, 0.5) is 5.69 Å². The molecule has 1 unspecified atom stereocenters. The van der Waals surface area contributed by atoms with Gasteiger partial charge in [0, 0.05) is 5.69 Å². The van der Waals surface area contributed by atoms with Gasteiger partial charge in [-0.25, -0.2) is 4.79 Å². The summed E-state index contributed by atoms with van der Waals surface area (Å²) in [6.07, 6.45) is 0. The van der Waals surface area contributed by atoms with Gasteiger partial charge < -0.3 is 10.4 Å². The molecule has 19 heavy (non-hydrogen) atoms. The predicted octanol–water partition coefficient (Wildman–Crippen LogP) is 3.65. The van der Waals surface area contributed by atoms with Gasteiger partial charge in [0.15, 0.2) is 6.04 Å². The molecule has 0 heterocycles. The second-order valence-electron chi connectivity index (χ2n) is 4.14. The largest absolute Gasteiger partial charge is 0.479 e. The topological polar surface area (TPSA) is 49.3 Å². The van der Waals surface area contributed by atoms with Crippen LogP contribution in [0, 0.1) is 6.92 Å². The predicted molar refractivity (Wildman–Crippen MR) is 78.9 cm³/mol. The third-order valence-corrected chi connectivity index (χ3v) is 2.82. The molecule has 0 amide bonds. The maximum atomic E-state index is 11.4. The van der Waals surface area contributed by atoms with Crippen molar-refractivity contribution in [2.24, 2.45) is 0 Å². The quantitative estimate of drug-likeness (QED) is 0.897. The normalized spacial score (nSPS) is 11.2. The molecule has 0 fully saturated rings. The Morgan fingerprint density at radius 1 is 1.05 bits per heavy atom. The van der Waals surface area contributed by atoms with Crippen molar-refractivity contribution >= 4 is 24.1 Å². The third kappa shape index (κ3) is 3.73. The molecule has 0 aromatic heterocycles. The number of hydrogen-bond donors (Lipinski definition) is 2. The smallest absolute Gasteiger partial charge is 0.330 e. The van der Waals surface area contributed by atoms with E-state index < -0.39 is 12.0 Å². The Kier molecular flexibility index (Phi) is 5.39. The van der Waals surface area contributed by atoms with Gasteiger partial charge in [0.25, 0.3) is 0 Å². The van der Waals surface area contributed by atoms with Gasteiger partial charge >= 0.3 is 5.97 Å². The zero-order valence-electron chi connectivity index (χ0n) is 10.5.